The van der Waals surface area contributed by atoms with Crippen molar-refractivity contribution >= 4 is 23.2 Å². The zero-order valence-electron chi connectivity index (χ0n) is 10.9. The van der Waals surface area contributed by atoms with E-state index < -0.39 is 0 Å². The van der Waals surface area contributed by atoms with E-state index in [-0.39, 0.29) is 11.1 Å². The van der Waals surface area contributed by atoms with E-state index in [1.165, 1.54) is 12.3 Å². The number of nitrogens with zero attached hydrogens (tertiary/aromatic N) is 1. The second-order valence-electron chi connectivity index (χ2n) is 4.13. The van der Waals surface area contributed by atoms with Crippen LogP contribution in [0.5, 0.6) is 5.75 Å². The van der Waals surface area contributed by atoms with Gasteiger partial charge < -0.3 is 15.8 Å². The highest BCUT2D eigenvalue weighted by Gasteiger charge is 2.10. The Balaban J connectivity index is 2.02. The molecule has 6 heteroatoms. The molecule has 2 aromatic rings. The van der Waals surface area contributed by atoms with Gasteiger partial charge in [0.2, 0.25) is 0 Å². The van der Waals surface area contributed by atoms with Crippen LogP contribution in [0.1, 0.15) is 15.9 Å². The van der Waals surface area contributed by atoms with Crippen LogP contribution in [0.3, 0.4) is 0 Å². The minimum absolute atomic E-state index is 0.230. The molecule has 0 unspecified atom stereocenters. The standard InChI is InChI=1S/C14H14ClN3O2/c1-20-10-4-2-9(3-5-10)7-18-14(19)11-6-13(15)17-8-12(11)16/h2-6,8H,7,16H2,1H3,(H,18,19). The Labute approximate surface area is 121 Å². The molecule has 0 saturated heterocycles. The Hall–Kier alpha value is -2.27. The van der Waals surface area contributed by atoms with E-state index >= 15 is 0 Å². The van der Waals surface area contributed by atoms with Gasteiger partial charge >= 0.3 is 0 Å². The number of amides is 1. The van der Waals surface area contributed by atoms with Crippen LogP contribution < -0.4 is 15.8 Å². The molecular weight excluding hydrogens is 278 g/mol. The summed E-state index contributed by atoms with van der Waals surface area (Å²) < 4.78 is 5.07. The first-order valence-corrected chi connectivity index (χ1v) is 6.30. The van der Waals surface area contributed by atoms with Gasteiger partial charge in [-0.25, -0.2) is 4.98 Å². The third-order valence-corrected chi connectivity index (χ3v) is 2.96. The molecule has 0 fully saturated rings. The molecule has 3 N–H and O–H groups in total. The number of nitrogen functional groups attached to an aromatic ring is 1. The second-order valence-corrected chi connectivity index (χ2v) is 4.51. The van der Waals surface area contributed by atoms with Gasteiger partial charge in [-0.05, 0) is 23.8 Å². The molecule has 0 aliphatic rings. The van der Waals surface area contributed by atoms with Crippen molar-refractivity contribution in [2.45, 2.75) is 6.54 Å². The van der Waals surface area contributed by atoms with Crippen LogP contribution in [0.15, 0.2) is 36.5 Å². The SMILES string of the molecule is COc1ccc(CNC(=O)c2cc(Cl)ncc2N)cc1. The molecule has 0 bridgehead atoms. The molecule has 0 atom stereocenters. The number of carbonyl (C=O) groups excluding carboxylic acids is 1. The van der Waals surface area contributed by atoms with E-state index in [0.29, 0.717) is 17.8 Å². The molecule has 104 valence electrons. The number of nitrogens with two attached hydrogens (primary N) is 1. The number of halogens is 1. The van der Waals surface area contributed by atoms with Crippen molar-refractivity contribution in [2.75, 3.05) is 12.8 Å². The summed E-state index contributed by atoms with van der Waals surface area (Å²) in [6.45, 7) is 0.391. The summed E-state index contributed by atoms with van der Waals surface area (Å²) in [5.74, 6) is 0.479. The number of hydrogen-bond donors (Lipinski definition) is 2. The van der Waals surface area contributed by atoms with Gasteiger partial charge in [0, 0.05) is 6.54 Å². The zero-order valence-corrected chi connectivity index (χ0v) is 11.6. The molecule has 20 heavy (non-hydrogen) atoms. The van der Waals surface area contributed by atoms with Crippen LogP contribution >= 0.6 is 11.6 Å². The average Bonchev–Trinajstić information content (AvgIpc) is 2.47. The van der Waals surface area contributed by atoms with Crippen LogP contribution in [-0.2, 0) is 6.54 Å². The van der Waals surface area contributed by atoms with E-state index in [2.05, 4.69) is 10.3 Å². The molecule has 0 aliphatic carbocycles. The van der Waals surface area contributed by atoms with Crippen molar-refractivity contribution in [1.82, 2.24) is 10.3 Å². The Bertz CT molecular complexity index is 614. The van der Waals surface area contributed by atoms with Crippen LogP contribution in [-0.4, -0.2) is 18.0 Å². The number of methoxy groups -OCH3 is 1. The van der Waals surface area contributed by atoms with Crippen molar-refractivity contribution in [3.05, 3.63) is 52.8 Å². The Kier molecular flexibility index (Phi) is 4.42. The smallest absolute Gasteiger partial charge is 0.253 e. The lowest BCUT2D eigenvalue weighted by Gasteiger charge is -2.08. The number of pyridine rings is 1. The second kappa shape index (κ2) is 6.25. The van der Waals surface area contributed by atoms with E-state index in [1.807, 2.05) is 24.3 Å². The first-order valence-electron chi connectivity index (χ1n) is 5.92. The summed E-state index contributed by atoms with van der Waals surface area (Å²) >= 11 is 5.75. The lowest BCUT2D eigenvalue weighted by Crippen LogP contribution is -2.23. The van der Waals surface area contributed by atoms with Crippen LogP contribution in [0.4, 0.5) is 5.69 Å². The summed E-state index contributed by atoms with van der Waals surface area (Å²) in [4.78, 5) is 15.8. The lowest BCUT2D eigenvalue weighted by atomic mass is 10.2. The van der Waals surface area contributed by atoms with Crippen molar-refractivity contribution in [3.8, 4) is 5.75 Å². The number of ether oxygens (including phenoxy) is 1. The van der Waals surface area contributed by atoms with Gasteiger partial charge in [0.25, 0.3) is 5.91 Å². The minimum Gasteiger partial charge on any atom is -0.497 e. The van der Waals surface area contributed by atoms with Gasteiger partial charge in [0.1, 0.15) is 10.9 Å². The Morgan fingerprint density at radius 1 is 1.40 bits per heavy atom. The van der Waals surface area contributed by atoms with Crippen molar-refractivity contribution < 1.29 is 9.53 Å². The van der Waals surface area contributed by atoms with Crippen molar-refractivity contribution in [2.24, 2.45) is 0 Å². The first kappa shape index (κ1) is 14.1. The summed E-state index contributed by atoms with van der Waals surface area (Å²) in [5.41, 5.74) is 7.27. The number of carbonyl (C=O) groups is 1. The van der Waals surface area contributed by atoms with E-state index in [0.717, 1.165) is 11.3 Å². The number of rotatable bonds is 4. The molecule has 5 nitrogen and oxygen atoms in total. The van der Waals surface area contributed by atoms with E-state index in [1.54, 1.807) is 7.11 Å². The fraction of sp³-hybridized carbons (Fsp3) is 0.143. The highest BCUT2D eigenvalue weighted by Crippen LogP contribution is 2.15. The highest BCUT2D eigenvalue weighted by atomic mass is 35.5. The summed E-state index contributed by atoms with van der Waals surface area (Å²) in [6.07, 6.45) is 1.37. The molecule has 1 amide bonds. The Morgan fingerprint density at radius 2 is 2.10 bits per heavy atom. The number of benzene rings is 1. The van der Waals surface area contributed by atoms with Gasteiger partial charge in [-0.2, -0.15) is 0 Å². The summed E-state index contributed by atoms with van der Waals surface area (Å²) in [6, 6.07) is 8.86. The maximum atomic E-state index is 12.0. The number of anilines is 1. The largest absolute Gasteiger partial charge is 0.497 e. The normalized spacial score (nSPS) is 10.1. The predicted molar refractivity (Wildman–Crippen MR) is 77.8 cm³/mol. The highest BCUT2D eigenvalue weighted by molar-refractivity contribution is 6.29. The molecule has 0 saturated carbocycles. The fourth-order valence-corrected chi connectivity index (χ4v) is 1.82. The quantitative estimate of drug-likeness (QED) is 0.847. The molecular formula is C14H14ClN3O2. The summed E-state index contributed by atoms with van der Waals surface area (Å²) in [7, 11) is 1.60. The van der Waals surface area contributed by atoms with Crippen LogP contribution in [0.2, 0.25) is 5.15 Å². The van der Waals surface area contributed by atoms with Gasteiger partial charge in [0.15, 0.2) is 0 Å². The number of hydrogen-bond acceptors (Lipinski definition) is 4. The zero-order chi connectivity index (χ0) is 14.5. The fourth-order valence-electron chi connectivity index (χ4n) is 1.66. The molecule has 0 spiro atoms. The maximum Gasteiger partial charge on any atom is 0.253 e. The number of nitrogens with one attached hydrogen (secondary N) is 1. The third kappa shape index (κ3) is 3.39. The summed E-state index contributed by atoms with van der Waals surface area (Å²) in [5, 5.41) is 3.00. The topological polar surface area (TPSA) is 77.2 Å². The predicted octanol–water partition coefficient (Wildman–Crippen LogP) is 2.26. The molecule has 1 aromatic carbocycles. The molecule has 0 aliphatic heterocycles. The van der Waals surface area contributed by atoms with Gasteiger partial charge in [-0.1, -0.05) is 23.7 Å². The van der Waals surface area contributed by atoms with E-state index in [9.17, 15) is 4.79 Å². The Morgan fingerprint density at radius 3 is 2.75 bits per heavy atom. The van der Waals surface area contributed by atoms with Gasteiger partial charge in [0.05, 0.1) is 24.6 Å². The molecule has 1 aromatic heterocycles. The van der Waals surface area contributed by atoms with E-state index in [4.69, 9.17) is 22.1 Å². The third-order valence-electron chi connectivity index (χ3n) is 2.76. The van der Waals surface area contributed by atoms with Crippen LogP contribution in [0, 0.1) is 0 Å². The van der Waals surface area contributed by atoms with Gasteiger partial charge in [-0.3, -0.25) is 4.79 Å². The first-order chi connectivity index (χ1) is 9.60. The van der Waals surface area contributed by atoms with Crippen molar-refractivity contribution in [3.63, 3.8) is 0 Å². The molecule has 0 radical (unpaired) electrons. The maximum absolute atomic E-state index is 12.0. The molecule has 1 heterocycles. The van der Waals surface area contributed by atoms with Crippen LogP contribution in [0.25, 0.3) is 0 Å². The lowest BCUT2D eigenvalue weighted by molar-refractivity contribution is 0.0951. The van der Waals surface area contributed by atoms with Gasteiger partial charge in [-0.15, -0.1) is 0 Å². The van der Waals surface area contributed by atoms with Crippen molar-refractivity contribution in [1.29, 1.82) is 0 Å². The minimum atomic E-state index is -0.289. The number of aromatic nitrogens is 1. The average molecular weight is 292 g/mol. The monoisotopic (exact) mass is 291 g/mol. The molecule has 2 rings (SSSR count).